The average molecular weight is 381 g/mol. The molecule has 2 heterocycles. The van der Waals surface area contributed by atoms with Gasteiger partial charge in [0, 0.05) is 17.5 Å². The highest BCUT2D eigenvalue weighted by molar-refractivity contribution is 7.58. The molecule has 2 nitrogen and oxygen atoms in total. The van der Waals surface area contributed by atoms with Crippen LogP contribution in [0.25, 0.3) is 11.4 Å². The molecule has 0 aliphatic heterocycles. The summed E-state index contributed by atoms with van der Waals surface area (Å²) in [6.45, 7) is 2.05. The number of nitrogens with zero attached hydrogens (tertiary/aromatic N) is 2. The van der Waals surface area contributed by atoms with Crippen molar-refractivity contribution < 1.29 is 0 Å². The maximum absolute atomic E-state index is 5.07. The smallest absolute Gasteiger partial charge is 0.0889 e. The largest absolute Gasteiger partial charge is 0.251 e. The van der Waals surface area contributed by atoms with Crippen LogP contribution in [0.5, 0.6) is 0 Å². The van der Waals surface area contributed by atoms with E-state index in [0.29, 0.717) is 0 Å². The minimum atomic E-state index is 0.0563. The van der Waals surface area contributed by atoms with Crippen LogP contribution in [0.4, 0.5) is 0 Å². The van der Waals surface area contributed by atoms with Gasteiger partial charge in [-0.2, -0.15) is 0 Å². The predicted molar refractivity (Wildman–Crippen MR) is 117 cm³/mol. The van der Waals surface area contributed by atoms with Crippen LogP contribution < -0.4 is 0 Å². The van der Waals surface area contributed by atoms with Gasteiger partial charge in [-0.15, -0.1) is 0 Å². The van der Waals surface area contributed by atoms with Crippen LogP contribution in [0.2, 0.25) is 0 Å². The summed E-state index contributed by atoms with van der Waals surface area (Å²) in [5.41, 5.74) is 6.39. The lowest BCUT2D eigenvalue weighted by Crippen LogP contribution is -2.21. The number of hydrogen-bond donors (Lipinski definition) is 0. The fourth-order valence-corrected chi connectivity index (χ4v) is 8.68. The first-order chi connectivity index (χ1) is 13.3. The minimum Gasteiger partial charge on any atom is -0.251 e. The molecule has 0 amide bonds. The van der Waals surface area contributed by atoms with E-state index in [1.165, 1.54) is 76.1 Å². The third kappa shape index (κ3) is 4.96. The molecule has 2 aromatic heterocycles. The molecule has 0 bridgehead atoms. The van der Waals surface area contributed by atoms with Crippen LogP contribution in [0.3, 0.4) is 0 Å². The number of aryl methyl sites for hydroxylation is 1. The molecule has 27 heavy (non-hydrogen) atoms. The maximum atomic E-state index is 5.07. The fourth-order valence-electron chi connectivity index (χ4n) is 4.96. The Balaban J connectivity index is 1.55. The molecule has 0 unspecified atom stereocenters. The second-order valence-electron chi connectivity index (χ2n) is 8.43. The molecule has 2 aliphatic rings. The first-order valence-electron chi connectivity index (χ1n) is 11.0. The molecule has 0 aromatic carbocycles. The Hall–Kier alpha value is -1.27. The molecule has 2 saturated carbocycles. The Kier molecular flexibility index (Phi) is 6.56. The number of rotatable bonds is 5. The zero-order valence-corrected chi connectivity index (χ0v) is 17.6. The van der Waals surface area contributed by atoms with Gasteiger partial charge in [-0.25, -0.2) is 0 Å². The van der Waals surface area contributed by atoms with Crippen LogP contribution in [-0.4, -0.2) is 21.3 Å². The van der Waals surface area contributed by atoms with Crippen molar-refractivity contribution in [2.24, 2.45) is 0 Å². The summed E-state index contributed by atoms with van der Waals surface area (Å²) in [6.07, 6.45) is 15.9. The third-order valence-electron chi connectivity index (χ3n) is 6.39. The molecule has 4 rings (SSSR count). The van der Waals surface area contributed by atoms with E-state index in [9.17, 15) is 0 Å². The van der Waals surface area contributed by atoms with Crippen molar-refractivity contribution in [2.75, 3.05) is 0 Å². The normalized spacial score (nSPS) is 19.5. The van der Waals surface area contributed by atoms with Gasteiger partial charge in [-0.3, -0.25) is 9.97 Å². The van der Waals surface area contributed by atoms with Crippen molar-refractivity contribution in [3.05, 3.63) is 47.8 Å². The monoisotopic (exact) mass is 380 g/mol. The SMILES string of the molecule is Cc1cccc(-c2cccc(CP(C3CCCCC3)C3CCCCC3)n2)n1. The van der Waals surface area contributed by atoms with Gasteiger partial charge >= 0.3 is 0 Å². The minimum absolute atomic E-state index is 0.0563. The van der Waals surface area contributed by atoms with Crippen LogP contribution in [0.15, 0.2) is 36.4 Å². The summed E-state index contributed by atoms with van der Waals surface area (Å²) in [7, 11) is 0.0563. The summed E-state index contributed by atoms with van der Waals surface area (Å²) in [5, 5.41) is 0. The average Bonchev–Trinajstić information content (AvgIpc) is 2.73. The molecule has 2 aromatic rings. The third-order valence-corrected chi connectivity index (χ3v) is 9.99. The zero-order valence-electron chi connectivity index (χ0n) is 16.7. The second kappa shape index (κ2) is 9.28. The first-order valence-corrected chi connectivity index (χ1v) is 12.6. The van der Waals surface area contributed by atoms with Crippen molar-refractivity contribution >= 4 is 7.92 Å². The summed E-state index contributed by atoms with van der Waals surface area (Å²) < 4.78 is 0. The molecule has 2 fully saturated rings. The molecule has 0 radical (unpaired) electrons. The molecule has 144 valence electrons. The number of pyridine rings is 2. The summed E-state index contributed by atoms with van der Waals surface area (Å²) in [4.78, 5) is 9.75. The highest BCUT2D eigenvalue weighted by atomic mass is 31.1. The lowest BCUT2D eigenvalue weighted by molar-refractivity contribution is 0.484. The van der Waals surface area contributed by atoms with Crippen LogP contribution in [0.1, 0.15) is 75.6 Å². The van der Waals surface area contributed by atoms with Gasteiger partial charge in [0.05, 0.1) is 11.4 Å². The van der Waals surface area contributed by atoms with Crippen LogP contribution >= 0.6 is 7.92 Å². The molecule has 3 heteroatoms. The van der Waals surface area contributed by atoms with Crippen molar-refractivity contribution in [3.63, 3.8) is 0 Å². The molecule has 0 atom stereocenters. The molecule has 2 aliphatic carbocycles. The van der Waals surface area contributed by atoms with E-state index in [4.69, 9.17) is 4.98 Å². The number of aromatic nitrogens is 2. The van der Waals surface area contributed by atoms with Gasteiger partial charge in [-0.1, -0.05) is 58.6 Å². The van der Waals surface area contributed by atoms with Gasteiger partial charge in [-0.05, 0) is 68.2 Å². The highest BCUT2D eigenvalue weighted by Crippen LogP contribution is 2.57. The number of hydrogen-bond acceptors (Lipinski definition) is 2. The van der Waals surface area contributed by atoms with Gasteiger partial charge in [0.25, 0.3) is 0 Å². The van der Waals surface area contributed by atoms with Gasteiger partial charge in [0.15, 0.2) is 0 Å². The molecular weight excluding hydrogens is 347 g/mol. The fraction of sp³-hybridized carbons (Fsp3) is 0.583. The summed E-state index contributed by atoms with van der Waals surface area (Å²) in [6, 6.07) is 12.8. The first kappa shape index (κ1) is 19.1. The Bertz CT molecular complexity index is 715. The van der Waals surface area contributed by atoms with E-state index in [-0.39, 0.29) is 7.92 Å². The van der Waals surface area contributed by atoms with Crippen molar-refractivity contribution in [3.8, 4) is 11.4 Å². The Morgan fingerprint density at radius 2 is 1.30 bits per heavy atom. The standard InChI is InChI=1S/C24H33N2P/c1-19-10-8-16-23(25-19)24-17-9-11-20(26-24)18-27(21-12-4-2-5-13-21)22-14-6-3-7-15-22/h8-11,16-17,21-22H,2-7,12-15,18H2,1H3. The van der Waals surface area contributed by atoms with E-state index in [1.54, 1.807) is 0 Å². The second-order valence-corrected chi connectivity index (χ2v) is 11.2. The van der Waals surface area contributed by atoms with E-state index in [2.05, 4.69) is 48.3 Å². The van der Waals surface area contributed by atoms with Crippen LogP contribution in [0, 0.1) is 6.92 Å². The lowest BCUT2D eigenvalue weighted by atomic mass is 9.99. The van der Waals surface area contributed by atoms with E-state index >= 15 is 0 Å². The van der Waals surface area contributed by atoms with Crippen molar-refractivity contribution in [2.45, 2.75) is 88.6 Å². The zero-order chi connectivity index (χ0) is 18.5. The molecule has 0 saturated heterocycles. The Labute approximate surface area is 166 Å². The van der Waals surface area contributed by atoms with E-state index in [0.717, 1.165) is 28.4 Å². The lowest BCUT2D eigenvalue weighted by Gasteiger charge is -2.38. The van der Waals surface area contributed by atoms with E-state index in [1.807, 2.05) is 0 Å². The Morgan fingerprint density at radius 3 is 1.89 bits per heavy atom. The topological polar surface area (TPSA) is 25.8 Å². The van der Waals surface area contributed by atoms with Gasteiger partial charge in [0.1, 0.15) is 0 Å². The predicted octanol–water partition coefficient (Wildman–Crippen LogP) is 7.10. The quantitative estimate of drug-likeness (QED) is 0.517. The Morgan fingerprint density at radius 1 is 0.741 bits per heavy atom. The molecular formula is C24H33N2P. The summed E-state index contributed by atoms with van der Waals surface area (Å²) in [5.74, 6) is 0. The van der Waals surface area contributed by atoms with Gasteiger partial charge in [0.2, 0.25) is 0 Å². The highest BCUT2D eigenvalue weighted by Gasteiger charge is 2.31. The van der Waals surface area contributed by atoms with E-state index < -0.39 is 0 Å². The van der Waals surface area contributed by atoms with Gasteiger partial charge < -0.3 is 0 Å². The summed E-state index contributed by atoms with van der Waals surface area (Å²) >= 11 is 0. The van der Waals surface area contributed by atoms with Crippen LogP contribution in [-0.2, 0) is 6.16 Å². The van der Waals surface area contributed by atoms with Crippen molar-refractivity contribution in [1.29, 1.82) is 0 Å². The molecule has 0 N–H and O–H groups in total. The molecule has 0 spiro atoms. The maximum Gasteiger partial charge on any atom is 0.0889 e. The van der Waals surface area contributed by atoms with Crippen molar-refractivity contribution in [1.82, 2.24) is 9.97 Å².